The van der Waals surface area contributed by atoms with Crippen LogP contribution in [0.4, 0.5) is 5.69 Å². The molecule has 0 aliphatic heterocycles. The van der Waals surface area contributed by atoms with E-state index in [-0.39, 0.29) is 18.2 Å². The van der Waals surface area contributed by atoms with Gasteiger partial charge in [-0.2, -0.15) is 0 Å². The van der Waals surface area contributed by atoms with Gasteiger partial charge in [0, 0.05) is 30.7 Å². The number of hydrogen-bond acceptors (Lipinski definition) is 6. The van der Waals surface area contributed by atoms with E-state index in [1.54, 1.807) is 0 Å². The second-order valence-corrected chi connectivity index (χ2v) is 10.3. The van der Waals surface area contributed by atoms with Gasteiger partial charge in [-0.1, -0.05) is 37.8 Å². The Morgan fingerprint density at radius 2 is 1.59 bits per heavy atom. The lowest BCUT2D eigenvalue weighted by Crippen LogP contribution is -2.33. The third kappa shape index (κ3) is 6.16. The highest BCUT2D eigenvalue weighted by atomic mass is 32.2. The Kier molecular flexibility index (Phi) is 8.71. The third-order valence-electron chi connectivity index (χ3n) is 6.37. The predicted octanol–water partition coefficient (Wildman–Crippen LogP) is 4.65. The summed E-state index contributed by atoms with van der Waals surface area (Å²) in [4.78, 5) is 14.6. The molecule has 0 atom stereocenters. The van der Waals surface area contributed by atoms with Gasteiger partial charge in [-0.15, -0.1) is 0 Å². The van der Waals surface area contributed by atoms with Gasteiger partial charge >= 0.3 is 0 Å². The fraction of sp³-hybridized carbons (Fsp3) is 0.400. The van der Waals surface area contributed by atoms with E-state index < -0.39 is 20.6 Å². The maximum Gasteiger partial charge on any atom is 0.289 e. The van der Waals surface area contributed by atoms with Crippen molar-refractivity contribution in [2.24, 2.45) is 11.8 Å². The number of para-hydroxylation sites is 2. The number of nitro benzene ring substituents is 1. The van der Waals surface area contributed by atoms with E-state index in [1.165, 1.54) is 35.2 Å². The first kappa shape index (κ1) is 25.7. The lowest BCUT2D eigenvalue weighted by atomic mass is 9.82. The predicted molar refractivity (Wildman–Crippen MR) is 134 cm³/mol. The van der Waals surface area contributed by atoms with Crippen molar-refractivity contribution >= 4 is 26.6 Å². The second kappa shape index (κ2) is 11.5. The van der Waals surface area contributed by atoms with E-state index in [1.807, 2.05) is 24.4 Å². The number of fused-ring (bicyclic) bond motifs is 1. The fourth-order valence-electron chi connectivity index (χ4n) is 4.50. The number of rotatable bonds is 9. The molecule has 4 rings (SSSR count). The Bertz CT molecular complexity index is 1220. The van der Waals surface area contributed by atoms with Crippen molar-refractivity contribution in [2.45, 2.75) is 44.6 Å². The van der Waals surface area contributed by atoms with Crippen LogP contribution in [0, 0.1) is 22.0 Å². The van der Waals surface area contributed by atoms with Crippen LogP contribution >= 0.6 is 0 Å². The van der Waals surface area contributed by atoms with Crippen molar-refractivity contribution < 1.29 is 13.3 Å². The fourth-order valence-corrected chi connectivity index (χ4v) is 5.79. The molecule has 0 spiro atoms. The van der Waals surface area contributed by atoms with Crippen molar-refractivity contribution in [3.63, 3.8) is 0 Å². The van der Waals surface area contributed by atoms with E-state index in [4.69, 9.17) is 0 Å². The molecule has 0 radical (unpaired) electrons. The smallest absolute Gasteiger partial charge is 0.289 e. The first-order valence-corrected chi connectivity index (χ1v) is 12.7. The summed E-state index contributed by atoms with van der Waals surface area (Å²) in [6, 6.07) is 15.6. The summed E-state index contributed by atoms with van der Waals surface area (Å²) in [5.41, 5.74) is 1.83. The zero-order valence-electron chi connectivity index (χ0n) is 18.3. The number of nitrogens with zero attached hydrogens (tertiary/aromatic N) is 2. The van der Waals surface area contributed by atoms with Crippen LogP contribution in [0.1, 0.15) is 38.7 Å². The van der Waals surface area contributed by atoms with Crippen LogP contribution in [0.5, 0.6) is 0 Å². The number of nitro groups is 1. The molecule has 34 heavy (non-hydrogen) atoms. The summed E-state index contributed by atoms with van der Waals surface area (Å²) in [7, 11) is -3.92. The minimum Gasteiger partial charge on any atom is -0.312 e. The Balaban J connectivity index is 0.00000324. The highest BCUT2D eigenvalue weighted by Crippen LogP contribution is 2.29. The first-order valence-electron chi connectivity index (χ1n) is 11.2. The van der Waals surface area contributed by atoms with Crippen molar-refractivity contribution in [2.75, 3.05) is 13.1 Å². The highest BCUT2D eigenvalue weighted by molar-refractivity contribution is 7.89. The number of sulfonamides is 1. The zero-order valence-corrected chi connectivity index (χ0v) is 19.1. The van der Waals surface area contributed by atoms with Crippen LogP contribution in [0.15, 0.2) is 65.7 Å². The molecule has 1 aromatic heterocycles. The van der Waals surface area contributed by atoms with Crippen LogP contribution < -0.4 is 10.0 Å². The van der Waals surface area contributed by atoms with Gasteiger partial charge in [-0.05, 0) is 67.8 Å². The molecule has 8 nitrogen and oxygen atoms in total. The molecule has 1 saturated carbocycles. The summed E-state index contributed by atoms with van der Waals surface area (Å²) in [5, 5.41) is 15.9. The first-order chi connectivity index (χ1) is 15.9. The molecule has 9 heteroatoms. The van der Waals surface area contributed by atoms with Crippen molar-refractivity contribution in [1.82, 2.24) is 15.0 Å². The maximum absolute atomic E-state index is 12.6. The van der Waals surface area contributed by atoms with Gasteiger partial charge in [0.2, 0.25) is 10.0 Å². The van der Waals surface area contributed by atoms with Crippen LogP contribution in [-0.4, -0.2) is 31.4 Å². The van der Waals surface area contributed by atoms with Crippen molar-refractivity contribution in [3.8, 4) is 0 Å². The molecule has 1 fully saturated rings. The quantitative estimate of drug-likeness (QED) is 0.337. The van der Waals surface area contributed by atoms with Gasteiger partial charge in [0.05, 0.1) is 10.4 Å². The van der Waals surface area contributed by atoms with Gasteiger partial charge in [0.1, 0.15) is 0 Å². The Labute approximate surface area is 201 Å². The second-order valence-electron chi connectivity index (χ2n) is 8.58. The molecular formula is C25H32N4O4S. The van der Waals surface area contributed by atoms with Crippen LogP contribution in [0.3, 0.4) is 0 Å². The molecule has 2 aromatic carbocycles. The molecule has 1 aliphatic carbocycles. The van der Waals surface area contributed by atoms with Gasteiger partial charge < -0.3 is 5.32 Å². The van der Waals surface area contributed by atoms with E-state index in [0.29, 0.717) is 12.5 Å². The standard InChI is InChI=1S/C24H28N4O4S.CH4/c29-28(30)23-7-3-4-8-24(23)33(31,32)27-16-19-11-9-18(10-12-19)15-25-17-20-13-14-26-22-6-2-1-5-21(20)22;/h1-8,13-14,18-19,25,27H,9-12,15-17H2;1H4. The van der Waals surface area contributed by atoms with Crippen LogP contribution in [-0.2, 0) is 16.6 Å². The minimum atomic E-state index is -3.92. The van der Waals surface area contributed by atoms with Crippen LogP contribution in [0.25, 0.3) is 10.9 Å². The number of benzene rings is 2. The maximum atomic E-state index is 12.6. The van der Waals surface area contributed by atoms with Crippen LogP contribution in [0.2, 0.25) is 0 Å². The topological polar surface area (TPSA) is 114 Å². The summed E-state index contributed by atoms with van der Waals surface area (Å²) >= 11 is 0. The Morgan fingerprint density at radius 3 is 2.32 bits per heavy atom. The minimum absolute atomic E-state index is 0. The van der Waals surface area contributed by atoms with Crippen molar-refractivity contribution in [1.29, 1.82) is 0 Å². The number of pyridine rings is 1. The average Bonchev–Trinajstić information content (AvgIpc) is 2.84. The van der Waals surface area contributed by atoms with E-state index in [2.05, 4.69) is 27.2 Å². The van der Waals surface area contributed by atoms with E-state index in [0.717, 1.165) is 44.3 Å². The zero-order chi connectivity index (χ0) is 23.3. The molecule has 0 amide bonds. The SMILES string of the molecule is C.O=[N+]([O-])c1ccccc1S(=O)(=O)NCC1CCC(CNCc2ccnc3ccccc23)CC1. The molecule has 3 aromatic rings. The molecule has 1 heterocycles. The van der Waals surface area contributed by atoms with E-state index in [9.17, 15) is 18.5 Å². The Morgan fingerprint density at radius 1 is 0.941 bits per heavy atom. The van der Waals surface area contributed by atoms with Gasteiger partial charge in [-0.25, -0.2) is 13.1 Å². The van der Waals surface area contributed by atoms with Gasteiger partial charge in [0.25, 0.3) is 5.69 Å². The summed E-state index contributed by atoms with van der Waals surface area (Å²) in [6.07, 6.45) is 5.77. The number of hydrogen-bond donors (Lipinski definition) is 2. The molecule has 1 aliphatic rings. The largest absolute Gasteiger partial charge is 0.312 e. The number of nitrogens with one attached hydrogen (secondary N) is 2. The summed E-state index contributed by atoms with van der Waals surface area (Å²) < 4.78 is 27.8. The molecule has 0 bridgehead atoms. The lowest BCUT2D eigenvalue weighted by Gasteiger charge is -2.28. The molecular weight excluding hydrogens is 452 g/mol. The lowest BCUT2D eigenvalue weighted by molar-refractivity contribution is -0.387. The van der Waals surface area contributed by atoms with Crippen molar-refractivity contribution in [3.05, 3.63) is 76.5 Å². The van der Waals surface area contributed by atoms with Gasteiger partial charge in [0.15, 0.2) is 4.90 Å². The average molecular weight is 485 g/mol. The third-order valence-corrected chi connectivity index (χ3v) is 7.84. The monoisotopic (exact) mass is 484 g/mol. The van der Waals surface area contributed by atoms with E-state index >= 15 is 0 Å². The highest BCUT2D eigenvalue weighted by Gasteiger charge is 2.27. The normalized spacial score (nSPS) is 18.4. The summed E-state index contributed by atoms with van der Waals surface area (Å²) in [5.74, 6) is 0.795. The molecule has 0 saturated heterocycles. The number of aromatic nitrogens is 1. The molecule has 2 N–H and O–H groups in total. The van der Waals surface area contributed by atoms with Gasteiger partial charge in [-0.3, -0.25) is 15.1 Å². The Hall–Kier alpha value is -2.88. The summed E-state index contributed by atoms with van der Waals surface area (Å²) in [6.45, 7) is 2.02. The molecule has 0 unspecified atom stereocenters. The molecule has 182 valence electrons.